The molecule has 0 aliphatic carbocycles. The van der Waals surface area contributed by atoms with E-state index in [2.05, 4.69) is 57.1 Å². The van der Waals surface area contributed by atoms with E-state index in [1.165, 1.54) is 6.20 Å². The number of carbonyl (C=O) groups excluding carboxylic acids is 2. The molecule has 1 heterocycles. The van der Waals surface area contributed by atoms with Crippen molar-refractivity contribution in [3.63, 3.8) is 0 Å². The Bertz CT molecular complexity index is 983. The molecule has 0 bridgehead atoms. The van der Waals surface area contributed by atoms with Crippen LogP contribution in [-0.4, -0.2) is 39.9 Å². The van der Waals surface area contributed by atoms with Crippen molar-refractivity contribution < 1.29 is 14.3 Å². The second-order valence-electron chi connectivity index (χ2n) is 8.10. The summed E-state index contributed by atoms with van der Waals surface area (Å²) in [5.74, 6) is -0.616. The average Bonchev–Trinajstić information content (AvgIpc) is 3.30. The molecule has 1 unspecified atom stereocenters. The van der Waals surface area contributed by atoms with Crippen LogP contribution >= 0.6 is 0 Å². The number of nitrogens with one attached hydrogen (secondary N) is 2. The van der Waals surface area contributed by atoms with Crippen LogP contribution in [0.3, 0.4) is 0 Å². The van der Waals surface area contributed by atoms with Gasteiger partial charge in [0.05, 0.1) is 18.2 Å². The molecule has 3 rings (SSSR count). The molecule has 0 aliphatic rings. The molecule has 1 amide bonds. The van der Waals surface area contributed by atoms with Gasteiger partial charge in [0.2, 0.25) is 0 Å². The number of hydrogen-bond acceptors (Lipinski definition) is 5. The van der Waals surface area contributed by atoms with Gasteiger partial charge in [-0.25, -0.2) is 0 Å². The Balaban J connectivity index is 1.77. The third-order valence-corrected chi connectivity index (χ3v) is 5.11. The first-order valence-electron chi connectivity index (χ1n) is 10.4. The lowest BCUT2D eigenvalue weighted by Crippen LogP contribution is -2.42. The highest BCUT2D eigenvalue weighted by atomic mass is 16.5. The summed E-state index contributed by atoms with van der Waals surface area (Å²) in [5.41, 5.74) is 2.79. The average molecular weight is 421 g/mol. The smallest absolute Gasteiger partial charge is 0.311 e. The first kappa shape index (κ1) is 22.2. The predicted octanol–water partition coefficient (Wildman–Crippen LogP) is 3.79. The molecule has 3 aromatic rings. The zero-order chi connectivity index (χ0) is 22.3. The Labute approximate surface area is 182 Å². The van der Waals surface area contributed by atoms with Crippen molar-refractivity contribution in [3.05, 3.63) is 72.1 Å². The van der Waals surface area contributed by atoms with E-state index in [9.17, 15) is 9.59 Å². The second-order valence-corrected chi connectivity index (χ2v) is 8.10. The van der Waals surface area contributed by atoms with E-state index in [0.717, 1.165) is 16.7 Å². The number of esters is 1. The number of amides is 1. The van der Waals surface area contributed by atoms with Gasteiger partial charge in [-0.2, -0.15) is 15.4 Å². The fraction of sp³-hybridized carbons (Fsp3) is 0.333. The number of rotatable bonds is 9. The Morgan fingerprint density at radius 1 is 1.06 bits per heavy atom. The van der Waals surface area contributed by atoms with Crippen molar-refractivity contribution in [1.82, 2.24) is 20.7 Å². The summed E-state index contributed by atoms with van der Waals surface area (Å²) in [6.07, 6.45) is 2.37. The van der Waals surface area contributed by atoms with Crippen LogP contribution in [0.25, 0.3) is 11.1 Å². The van der Waals surface area contributed by atoms with Gasteiger partial charge in [-0.3, -0.25) is 9.59 Å². The summed E-state index contributed by atoms with van der Waals surface area (Å²) in [7, 11) is 0. The Morgan fingerprint density at radius 3 is 2.35 bits per heavy atom. The SMILES string of the molecule is CCOC(=O)C(C)(C)CC(Cc1ccc(-c2ccccc2)cc1)NC(=O)c1cn[nH]n1. The van der Waals surface area contributed by atoms with E-state index in [1.54, 1.807) is 6.92 Å². The quantitative estimate of drug-likeness (QED) is 0.513. The maximum absolute atomic E-state index is 12.6. The standard InChI is InChI=1S/C24H28N4O3/c1-4-31-23(30)24(2,3)15-20(26-22(29)21-16-25-28-27-21)14-17-10-12-19(13-11-17)18-8-6-5-7-9-18/h5-13,16,20H,4,14-15H2,1-3H3,(H,26,29)(H,25,27,28). The normalized spacial score (nSPS) is 12.2. The first-order chi connectivity index (χ1) is 14.9. The summed E-state index contributed by atoms with van der Waals surface area (Å²) >= 11 is 0. The van der Waals surface area contributed by atoms with Crippen LogP contribution < -0.4 is 5.32 Å². The number of ether oxygens (including phenoxy) is 1. The van der Waals surface area contributed by atoms with Crippen molar-refractivity contribution in [2.24, 2.45) is 5.41 Å². The minimum Gasteiger partial charge on any atom is -0.466 e. The highest BCUT2D eigenvalue weighted by Gasteiger charge is 2.33. The van der Waals surface area contributed by atoms with Gasteiger partial charge < -0.3 is 10.1 Å². The minimum atomic E-state index is -0.748. The van der Waals surface area contributed by atoms with E-state index in [4.69, 9.17) is 4.74 Å². The summed E-state index contributed by atoms with van der Waals surface area (Å²) in [4.78, 5) is 25.0. The molecule has 162 valence electrons. The molecule has 7 heteroatoms. The molecule has 31 heavy (non-hydrogen) atoms. The van der Waals surface area contributed by atoms with Crippen molar-refractivity contribution in [2.45, 2.75) is 39.7 Å². The molecular formula is C24H28N4O3. The third-order valence-electron chi connectivity index (χ3n) is 5.11. The lowest BCUT2D eigenvalue weighted by Gasteiger charge is -2.28. The van der Waals surface area contributed by atoms with Gasteiger partial charge in [-0.05, 0) is 50.3 Å². The Hall–Kier alpha value is -3.48. The van der Waals surface area contributed by atoms with Gasteiger partial charge >= 0.3 is 5.97 Å². The molecule has 0 spiro atoms. The first-order valence-corrected chi connectivity index (χ1v) is 10.4. The molecule has 0 aliphatic heterocycles. The lowest BCUT2D eigenvalue weighted by molar-refractivity contribution is -0.154. The Morgan fingerprint density at radius 2 is 1.74 bits per heavy atom. The predicted molar refractivity (Wildman–Crippen MR) is 118 cm³/mol. The van der Waals surface area contributed by atoms with Gasteiger partial charge in [-0.1, -0.05) is 54.6 Å². The molecular weight excluding hydrogens is 392 g/mol. The van der Waals surface area contributed by atoms with Crippen LogP contribution in [-0.2, 0) is 16.0 Å². The van der Waals surface area contributed by atoms with Gasteiger partial charge in [0.1, 0.15) is 0 Å². The number of aromatic nitrogens is 3. The van der Waals surface area contributed by atoms with Gasteiger partial charge in [-0.15, -0.1) is 0 Å². The van der Waals surface area contributed by atoms with Crippen LogP contribution in [0.4, 0.5) is 0 Å². The van der Waals surface area contributed by atoms with Gasteiger partial charge in [0.15, 0.2) is 5.69 Å². The molecule has 1 aromatic heterocycles. The Kier molecular flexibility index (Phi) is 7.18. The van der Waals surface area contributed by atoms with Crippen LogP contribution in [0.2, 0.25) is 0 Å². The summed E-state index contributed by atoms with van der Waals surface area (Å²) in [6, 6.07) is 18.1. The van der Waals surface area contributed by atoms with Crippen molar-refractivity contribution in [3.8, 4) is 11.1 Å². The van der Waals surface area contributed by atoms with Crippen LogP contribution in [0.1, 0.15) is 43.2 Å². The van der Waals surface area contributed by atoms with Gasteiger partial charge in [0, 0.05) is 6.04 Å². The molecule has 1 atom stereocenters. The van der Waals surface area contributed by atoms with E-state index in [0.29, 0.717) is 19.4 Å². The number of carbonyl (C=O) groups is 2. The number of benzene rings is 2. The maximum Gasteiger partial charge on any atom is 0.311 e. The van der Waals surface area contributed by atoms with Crippen molar-refractivity contribution in [2.75, 3.05) is 6.61 Å². The van der Waals surface area contributed by atoms with Crippen molar-refractivity contribution >= 4 is 11.9 Å². The topological polar surface area (TPSA) is 97.0 Å². The van der Waals surface area contributed by atoms with E-state index < -0.39 is 5.41 Å². The third kappa shape index (κ3) is 6.01. The number of nitrogens with zero attached hydrogens (tertiary/aromatic N) is 2. The summed E-state index contributed by atoms with van der Waals surface area (Å²) < 4.78 is 5.22. The minimum absolute atomic E-state index is 0.207. The van der Waals surface area contributed by atoms with Gasteiger partial charge in [0.25, 0.3) is 5.91 Å². The fourth-order valence-corrected chi connectivity index (χ4v) is 3.52. The van der Waals surface area contributed by atoms with Crippen LogP contribution in [0.5, 0.6) is 0 Å². The second kappa shape index (κ2) is 10.0. The zero-order valence-electron chi connectivity index (χ0n) is 18.1. The summed E-state index contributed by atoms with van der Waals surface area (Å²) in [6.45, 7) is 5.77. The fourth-order valence-electron chi connectivity index (χ4n) is 3.52. The molecule has 2 N–H and O–H groups in total. The largest absolute Gasteiger partial charge is 0.466 e. The van der Waals surface area contributed by atoms with E-state index >= 15 is 0 Å². The molecule has 0 saturated heterocycles. The van der Waals surface area contributed by atoms with E-state index in [1.807, 2.05) is 32.0 Å². The number of H-pyrrole nitrogens is 1. The van der Waals surface area contributed by atoms with Crippen LogP contribution in [0, 0.1) is 5.41 Å². The lowest BCUT2D eigenvalue weighted by atomic mass is 9.83. The van der Waals surface area contributed by atoms with Crippen molar-refractivity contribution in [1.29, 1.82) is 0 Å². The molecule has 7 nitrogen and oxygen atoms in total. The number of hydrogen-bond donors (Lipinski definition) is 2. The molecule has 2 aromatic carbocycles. The van der Waals surface area contributed by atoms with Crippen LogP contribution in [0.15, 0.2) is 60.8 Å². The highest BCUT2D eigenvalue weighted by molar-refractivity contribution is 5.92. The van der Waals surface area contributed by atoms with E-state index in [-0.39, 0.29) is 23.6 Å². The highest BCUT2D eigenvalue weighted by Crippen LogP contribution is 2.27. The summed E-state index contributed by atoms with van der Waals surface area (Å²) in [5, 5.41) is 13.0. The molecule has 0 fully saturated rings. The molecule has 0 radical (unpaired) electrons. The number of aromatic amines is 1. The zero-order valence-corrected chi connectivity index (χ0v) is 18.1. The molecule has 0 saturated carbocycles. The monoisotopic (exact) mass is 420 g/mol. The maximum atomic E-state index is 12.6.